The van der Waals surface area contributed by atoms with Gasteiger partial charge in [-0.3, -0.25) is 19.5 Å². The van der Waals surface area contributed by atoms with Crippen LogP contribution in [0.25, 0.3) is 5.57 Å². The third-order valence-electron chi connectivity index (χ3n) is 5.33. The van der Waals surface area contributed by atoms with E-state index in [4.69, 9.17) is 5.84 Å². The third-order valence-corrected chi connectivity index (χ3v) is 5.33. The molecule has 1 aliphatic rings. The molecule has 7 nitrogen and oxygen atoms in total. The van der Waals surface area contributed by atoms with Gasteiger partial charge in [0.2, 0.25) is 0 Å². The maximum absolute atomic E-state index is 13.3. The van der Waals surface area contributed by atoms with Crippen LogP contribution in [-0.4, -0.2) is 27.0 Å². The summed E-state index contributed by atoms with van der Waals surface area (Å²) in [6.07, 6.45) is 1.26. The summed E-state index contributed by atoms with van der Waals surface area (Å²) in [5.41, 5.74) is 4.38. The molecule has 4 N–H and O–H groups in total. The van der Waals surface area contributed by atoms with Crippen LogP contribution in [0.15, 0.2) is 66.9 Å². The number of para-hydroxylation sites is 1. The molecule has 3 aromatic carbocycles. The Kier molecular flexibility index (Phi) is 4.96. The van der Waals surface area contributed by atoms with E-state index in [1.165, 1.54) is 18.3 Å². The molecule has 4 rings (SSSR count). The Hall–Kier alpha value is -4.10. The first kappa shape index (κ1) is 20.2. The number of nitrogens with zero attached hydrogens (tertiary/aromatic N) is 2. The maximum Gasteiger partial charge on any atom is 0.275 e. The van der Waals surface area contributed by atoms with E-state index in [1.54, 1.807) is 17.0 Å². The van der Waals surface area contributed by atoms with Gasteiger partial charge in [0, 0.05) is 23.5 Å². The Morgan fingerprint density at radius 3 is 2.45 bits per heavy atom. The Bertz CT molecular complexity index is 1250. The highest BCUT2D eigenvalue weighted by Crippen LogP contribution is 2.41. The maximum atomic E-state index is 13.3. The summed E-state index contributed by atoms with van der Waals surface area (Å²) in [7, 11) is 0. The molecular formula is C24H21N3O4. The number of hydrogen-bond acceptors (Lipinski definition) is 5. The van der Waals surface area contributed by atoms with Crippen LogP contribution in [0.1, 0.15) is 27.0 Å². The molecule has 2 amide bonds. The second kappa shape index (κ2) is 7.62. The lowest BCUT2D eigenvalue weighted by molar-refractivity contribution is -0.112. The number of aromatic hydroxyl groups is 2. The SMILES string of the molecule is Cc1ccc(N2C(=O)/C(=C/N(N)C(=O)c3ccc(O)cc3O)c3ccccc32)cc1C. The lowest BCUT2D eigenvalue weighted by Crippen LogP contribution is -2.33. The van der Waals surface area contributed by atoms with Crippen molar-refractivity contribution in [1.29, 1.82) is 0 Å². The minimum Gasteiger partial charge on any atom is -0.508 e. The number of carbonyl (C=O) groups excluding carboxylic acids is 2. The predicted molar refractivity (Wildman–Crippen MR) is 118 cm³/mol. The van der Waals surface area contributed by atoms with Crippen LogP contribution in [0.4, 0.5) is 11.4 Å². The van der Waals surface area contributed by atoms with Crippen molar-refractivity contribution in [3.05, 3.63) is 89.1 Å². The van der Waals surface area contributed by atoms with Gasteiger partial charge in [0.15, 0.2) is 0 Å². The number of rotatable bonds is 3. The first-order chi connectivity index (χ1) is 14.8. The Balaban J connectivity index is 1.74. The summed E-state index contributed by atoms with van der Waals surface area (Å²) in [4.78, 5) is 27.6. The second-order valence-electron chi connectivity index (χ2n) is 7.38. The van der Waals surface area contributed by atoms with Crippen LogP contribution >= 0.6 is 0 Å². The van der Waals surface area contributed by atoms with Crippen molar-refractivity contribution in [2.24, 2.45) is 5.84 Å². The molecular weight excluding hydrogens is 394 g/mol. The van der Waals surface area contributed by atoms with Crippen LogP contribution in [0.5, 0.6) is 11.5 Å². The Morgan fingerprint density at radius 1 is 1.00 bits per heavy atom. The van der Waals surface area contributed by atoms with E-state index in [0.29, 0.717) is 11.3 Å². The lowest BCUT2D eigenvalue weighted by atomic mass is 10.1. The van der Waals surface area contributed by atoms with E-state index >= 15 is 0 Å². The van der Waals surface area contributed by atoms with Crippen molar-refractivity contribution in [2.75, 3.05) is 4.90 Å². The van der Waals surface area contributed by atoms with Crippen LogP contribution in [0, 0.1) is 13.8 Å². The van der Waals surface area contributed by atoms with E-state index in [0.717, 1.165) is 27.9 Å². The fourth-order valence-corrected chi connectivity index (χ4v) is 3.52. The van der Waals surface area contributed by atoms with Crippen molar-refractivity contribution < 1.29 is 19.8 Å². The largest absolute Gasteiger partial charge is 0.508 e. The zero-order valence-electron chi connectivity index (χ0n) is 17.0. The van der Waals surface area contributed by atoms with Gasteiger partial charge in [-0.25, -0.2) is 5.84 Å². The van der Waals surface area contributed by atoms with E-state index in [2.05, 4.69) is 0 Å². The van der Waals surface area contributed by atoms with E-state index in [9.17, 15) is 19.8 Å². The smallest absolute Gasteiger partial charge is 0.275 e. The molecule has 0 aliphatic carbocycles. The number of carbonyl (C=O) groups is 2. The van der Waals surface area contributed by atoms with Gasteiger partial charge in [-0.1, -0.05) is 24.3 Å². The zero-order valence-corrected chi connectivity index (χ0v) is 17.0. The van der Waals surface area contributed by atoms with Crippen molar-refractivity contribution in [3.63, 3.8) is 0 Å². The molecule has 0 atom stereocenters. The monoisotopic (exact) mass is 415 g/mol. The number of phenolic OH excluding ortho intramolecular Hbond substituents is 2. The quantitative estimate of drug-likeness (QED) is 0.261. The molecule has 0 saturated carbocycles. The number of amides is 2. The van der Waals surface area contributed by atoms with Crippen molar-refractivity contribution >= 4 is 28.8 Å². The third kappa shape index (κ3) is 3.51. The summed E-state index contributed by atoms with van der Waals surface area (Å²) in [6, 6.07) is 16.6. The highest BCUT2D eigenvalue weighted by atomic mass is 16.3. The highest BCUT2D eigenvalue weighted by molar-refractivity contribution is 6.35. The number of hydrogen-bond donors (Lipinski definition) is 3. The molecule has 7 heteroatoms. The average molecular weight is 415 g/mol. The van der Waals surface area contributed by atoms with E-state index in [1.807, 2.05) is 44.2 Å². The topological polar surface area (TPSA) is 107 Å². The first-order valence-electron chi connectivity index (χ1n) is 9.61. The molecule has 0 unspecified atom stereocenters. The number of hydrazine groups is 1. The number of fused-ring (bicyclic) bond motifs is 1. The van der Waals surface area contributed by atoms with Gasteiger partial charge < -0.3 is 10.2 Å². The zero-order chi connectivity index (χ0) is 22.3. The number of phenols is 2. The fourth-order valence-electron chi connectivity index (χ4n) is 3.52. The molecule has 0 aromatic heterocycles. The molecule has 0 saturated heterocycles. The summed E-state index contributed by atoms with van der Waals surface area (Å²) >= 11 is 0. The van der Waals surface area contributed by atoms with Gasteiger partial charge in [-0.05, 0) is 55.3 Å². The van der Waals surface area contributed by atoms with Gasteiger partial charge in [0.25, 0.3) is 11.8 Å². The molecule has 0 spiro atoms. The Labute approximate surface area is 179 Å². The van der Waals surface area contributed by atoms with Gasteiger partial charge in [-0.2, -0.15) is 0 Å². The number of benzene rings is 3. The molecule has 0 radical (unpaired) electrons. The Morgan fingerprint density at radius 2 is 1.74 bits per heavy atom. The van der Waals surface area contributed by atoms with Crippen molar-refractivity contribution in [1.82, 2.24) is 5.01 Å². The van der Waals surface area contributed by atoms with Crippen molar-refractivity contribution in [3.8, 4) is 11.5 Å². The fraction of sp³-hybridized carbons (Fsp3) is 0.0833. The van der Waals surface area contributed by atoms with Gasteiger partial charge in [0.1, 0.15) is 11.5 Å². The molecule has 1 heterocycles. The molecule has 0 bridgehead atoms. The predicted octanol–water partition coefficient (Wildman–Crippen LogP) is 3.75. The highest BCUT2D eigenvalue weighted by Gasteiger charge is 2.34. The second-order valence-corrected chi connectivity index (χ2v) is 7.38. The average Bonchev–Trinajstić information content (AvgIpc) is 3.01. The number of nitrogens with two attached hydrogens (primary N) is 1. The van der Waals surface area contributed by atoms with Crippen LogP contribution in [0.3, 0.4) is 0 Å². The molecule has 31 heavy (non-hydrogen) atoms. The summed E-state index contributed by atoms with van der Waals surface area (Å²) in [5, 5.41) is 20.2. The van der Waals surface area contributed by atoms with Gasteiger partial charge >= 0.3 is 0 Å². The van der Waals surface area contributed by atoms with E-state index < -0.39 is 11.7 Å². The molecule has 156 valence electrons. The van der Waals surface area contributed by atoms with Gasteiger partial charge in [-0.15, -0.1) is 0 Å². The summed E-state index contributed by atoms with van der Waals surface area (Å²) in [6.45, 7) is 3.98. The van der Waals surface area contributed by atoms with Gasteiger partial charge in [0.05, 0.1) is 16.8 Å². The van der Waals surface area contributed by atoms with Crippen LogP contribution < -0.4 is 10.7 Å². The summed E-state index contributed by atoms with van der Waals surface area (Å²) < 4.78 is 0. The van der Waals surface area contributed by atoms with E-state index in [-0.39, 0.29) is 22.8 Å². The summed E-state index contributed by atoms with van der Waals surface area (Å²) in [5.74, 6) is 4.32. The standard InChI is InChI=1S/C24H21N3O4/c1-14-7-8-16(11-15(14)2)27-21-6-4-3-5-18(21)20(24(27)31)13-26(25)23(30)19-10-9-17(28)12-22(19)29/h3-13,28-29H,25H2,1-2H3/b20-13+. The molecule has 0 fully saturated rings. The molecule has 1 aliphatic heterocycles. The number of anilines is 2. The normalized spacial score (nSPS) is 14.1. The number of aryl methyl sites for hydroxylation is 2. The molecule has 3 aromatic rings. The van der Waals surface area contributed by atoms with Crippen LogP contribution in [-0.2, 0) is 4.79 Å². The first-order valence-corrected chi connectivity index (χ1v) is 9.61. The minimum absolute atomic E-state index is 0.0955. The minimum atomic E-state index is -0.722. The lowest BCUT2D eigenvalue weighted by Gasteiger charge is -2.18. The van der Waals surface area contributed by atoms with Crippen molar-refractivity contribution in [2.45, 2.75) is 13.8 Å². The van der Waals surface area contributed by atoms with Crippen LogP contribution in [0.2, 0.25) is 0 Å².